The number of ketones is 1. The lowest BCUT2D eigenvalue weighted by atomic mass is 9.83. The predicted octanol–water partition coefficient (Wildman–Crippen LogP) is 5.76. The molecular formula is C25H25ClN4OS. The summed E-state index contributed by atoms with van der Waals surface area (Å²) in [6.07, 6.45) is 3.56. The molecule has 0 atom stereocenters. The van der Waals surface area contributed by atoms with Gasteiger partial charge in [0.15, 0.2) is 16.8 Å². The molecule has 0 bridgehead atoms. The zero-order chi connectivity index (χ0) is 22.9. The third-order valence-electron chi connectivity index (χ3n) is 5.71. The number of aromatic nitrogens is 3. The van der Waals surface area contributed by atoms with Crippen LogP contribution in [0.2, 0.25) is 5.02 Å². The lowest BCUT2D eigenvalue weighted by molar-refractivity contribution is -0.112. The number of carbonyl (C=O) groups excluding carboxylic acids is 1. The maximum absolute atomic E-state index is 12.9. The maximum Gasteiger partial charge on any atom is 0.192 e. The van der Waals surface area contributed by atoms with Crippen LogP contribution in [-0.4, -0.2) is 33.3 Å². The van der Waals surface area contributed by atoms with Crippen LogP contribution in [0.1, 0.15) is 19.4 Å². The Labute approximate surface area is 197 Å². The number of rotatable bonds is 7. The van der Waals surface area contributed by atoms with Crippen molar-refractivity contribution in [2.45, 2.75) is 31.0 Å². The molecule has 0 aliphatic carbocycles. The van der Waals surface area contributed by atoms with E-state index in [0.717, 1.165) is 22.8 Å². The molecule has 0 radical (unpaired) electrons. The Hall–Kier alpha value is -2.83. The summed E-state index contributed by atoms with van der Waals surface area (Å²) in [7, 11) is 2.01. The van der Waals surface area contributed by atoms with Crippen LogP contribution < -0.4 is 4.90 Å². The summed E-state index contributed by atoms with van der Waals surface area (Å²) < 4.78 is 1.96. The fraction of sp³-hybridized carbons (Fsp3) is 0.240. The summed E-state index contributed by atoms with van der Waals surface area (Å²) in [4.78, 5) is 15.0. The van der Waals surface area contributed by atoms with Crippen molar-refractivity contribution in [2.75, 3.05) is 17.7 Å². The Morgan fingerprint density at radius 2 is 1.88 bits per heavy atom. The second-order valence-electron chi connectivity index (χ2n) is 8.20. The van der Waals surface area contributed by atoms with E-state index >= 15 is 0 Å². The summed E-state index contributed by atoms with van der Waals surface area (Å²) in [6.45, 7) is 8.70. The second kappa shape index (κ2) is 8.96. The Bertz CT molecular complexity index is 1200. The molecule has 3 aromatic rings. The number of anilines is 1. The van der Waals surface area contributed by atoms with E-state index in [0.29, 0.717) is 16.7 Å². The lowest BCUT2D eigenvalue weighted by Gasteiger charge is -2.23. The SMILES string of the molecule is C=CCn1c(SCC(=O)C=C2N(C)c3ccccc3C2(C)C)nnc1-c1ccc(Cl)cc1. The van der Waals surface area contributed by atoms with Gasteiger partial charge in [0.1, 0.15) is 0 Å². The summed E-state index contributed by atoms with van der Waals surface area (Å²) >= 11 is 7.40. The summed E-state index contributed by atoms with van der Waals surface area (Å²) in [5.74, 6) is 1.04. The molecule has 32 heavy (non-hydrogen) atoms. The Balaban J connectivity index is 1.54. The number of fused-ring (bicyclic) bond motifs is 1. The highest BCUT2D eigenvalue weighted by Gasteiger charge is 2.38. The van der Waals surface area contributed by atoms with Crippen LogP contribution in [0.5, 0.6) is 0 Å². The topological polar surface area (TPSA) is 51.0 Å². The average molecular weight is 465 g/mol. The zero-order valence-corrected chi connectivity index (χ0v) is 20.0. The zero-order valence-electron chi connectivity index (χ0n) is 18.4. The van der Waals surface area contributed by atoms with Gasteiger partial charge in [0.05, 0.1) is 5.75 Å². The minimum atomic E-state index is -0.226. The third-order valence-corrected chi connectivity index (χ3v) is 6.95. The minimum Gasteiger partial charge on any atom is -0.347 e. The van der Waals surface area contributed by atoms with Gasteiger partial charge in [0.25, 0.3) is 0 Å². The monoisotopic (exact) mass is 464 g/mol. The second-order valence-corrected chi connectivity index (χ2v) is 9.58. The number of thioether (sulfide) groups is 1. The Kier molecular flexibility index (Phi) is 6.26. The van der Waals surface area contributed by atoms with E-state index in [4.69, 9.17) is 11.6 Å². The fourth-order valence-electron chi connectivity index (χ4n) is 4.09. The first-order valence-electron chi connectivity index (χ1n) is 10.3. The van der Waals surface area contributed by atoms with E-state index < -0.39 is 0 Å². The van der Waals surface area contributed by atoms with Gasteiger partial charge in [-0.2, -0.15) is 0 Å². The number of hydrogen-bond acceptors (Lipinski definition) is 5. The highest BCUT2D eigenvalue weighted by atomic mass is 35.5. The number of allylic oxidation sites excluding steroid dienone is 3. The van der Waals surface area contributed by atoms with Gasteiger partial charge in [0, 0.05) is 47.1 Å². The maximum atomic E-state index is 12.9. The van der Waals surface area contributed by atoms with Crippen molar-refractivity contribution in [1.82, 2.24) is 14.8 Å². The molecular weight excluding hydrogens is 440 g/mol. The van der Waals surface area contributed by atoms with Crippen molar-refractivity contribution in [2.24, 2.45) is 0 Å². The van der Waals surface area contributed by atoms with Crippen LogP contribution in [0.25, 0.3) is 11.4 Å². The van der Waals surface area contributed by atoms with Crippen molar-refractivity contribution >= 4 is 34.8 Å². The molecule has 0 fully saturated rings. The smallest absolute Gasteiger partial charge is 0.192 e. The van der Waals surface area contributed by atoms with Gasteiger partial charge in [-0.15, -0.1) is 16.8 Å². The van der Waals surface area contributed by atoms with Gasteiger partial charge < -0.3 is 4.90 Å². The molecule has 5 nitrogen and oxygen atoms in total. The molecule has 1 aliphatic rings. The molecule has 0 spiro atoms. The molecule has 2 aromatic carbocycles. The van der Waals surface area contributed by atoms with E-state index in [1.54, 1.807) is 12.2 Å². The van der Waals surface area contributed by atoms with Crippen molar-refractivity contribution in [3.05, 3.63) is 83.5 Å². The van der Waals surface area contributed by atoms with E-state index in [-0.39, 0.29) is 17.0 Å². The molecule has 7 heteroatoms. The van der Waals surface area contributed by atoms with E-state index in [9.17, 15) is 4.79 Å². The van der Waals surface area contributed by atoms with E-state index in [1.807, 2.05) is 48.0 Å². The summed E-state index contributed by atoms with van der Waals surface area (Å²) in [5, 5.41) is 10.0. The van der Waals surface area contributed by atoms with Gasteiger partial charge in [-0.05, 0) is 35.9 Å². The normalized spacial score (nSPS) is 15.8. The van der Waals surface area contributed by atoms with Crippen LogP contribution in [0.15, 0.2) is 78.1 Å². The molecule has 4 rings (SSSR count). The molecule has 1 aromatic heterocycles. The standard InChI is InChI=1S/C25H25ClN4OS/c1-5-14-30-23(17-10-12-18(26)13-11-17)27-28-24(30)32-16-19(31)15-22-25(2,3)20-8-6-7-9-21(20)29(22)4/h5-13,15H,1,14,16H2,2-4H3. The first kappa shape index (κ1) is 22.4. The number of likely N-dealkylation sites (N-methyl/N-ethyl adjacent to an activating group) is 1. The van der Waals surface area contributed by atoms with Gasteiger partial charge in [-0.3, -0.25) is 9.36 Å². The van der Waals surface area contributed by atoms with Crippen molar-refractivity contribution in [1.29, 1.82) is 0 Å². The predicted molar refractivity (Wildman–Crippen MR) is 132 cm³/mol. The Morgan fingerprint density at radius 1 is 1.16 bits per heavy atom. The van der Waals surface area contributed by atoms with Crippen LogP contribution in [0.4, 0.5) is 5.69 Å². The summed E-state index contributed by atoms with van der Waals surface area (Å²) in [6, 6.07) is 15.7. The van der Waals surface area contributed by atoms with Crippen LogP contribution in [-0.2, 0) is 16.8 Å². The molecule has 164 valence electrons. The first-order chi connectivity index (χ1) is 15.3. The molecule has 0 saturated carbocycles. The van der Waals surface area contributed by atoms with Crippen molar-refractivity contribution in [3.8, 4) is 11.4 Å². The largest absolute Gasteiger partial charge is 0.347 e. The highest BCUT2D eigenvalue weighted by Crippen LogP contribution is 2.46. The average Bonchev–Trinajstić information content (AvgIpc) is 3.26. The number of carbonyl (C=O) groups is 1. The van der Waals surface area contributed by atoms with E-state index in [2.05, 4.69) is 47.7 Å². The molecule has 0 N–H and O–H groups in total. The third kappa shape index (κ3) is 4.12. The van der Waals surface area contributed by atoms with Crippen LogP contribution >= 0.6 is 23.4 Å². The van der Waals surface area contributed by atoms with Gasteiger partial charge >= 0.3 is 0 Å². The lowest BCUT2D eigenvalue weighted by Crippen LogP contribution is -2.24. The molecule has 0 amide bonds. The molecule has 1 aliphatic heterocycles. The number of nitrogens with zero attached hydrogens (tertiary/aromatic N) is 4. The van der Waals surface area contributed by atoms with Gasteiger partial charge in [-0.25, -0.2) is 0 Å². The van der Waals surface area contributed by atoms with Crippen molar-refractivity contribution < 1.29 is 4.79 Å². The van der Waals surface area contributed by atoms with Gasteiger partial charge in [-0.1, -0.05) is 61.5 Å². The molecule has 0 unspecified atom stereocenters. The van der Waals surface area contributed by atoms with Crippen LogP contribution in [0.3, 0.4) is 0 Å². The van der Waals surface area contributed by atoms with Gasteiger partial charge in [0.2, 0.25) is 0 Å². The quantitative estimate of drug-likeness (QED) is 0.253. The number of hydrogen-bond donors (Lipinski definition) is 0. The Morgan fingerprint density at radius 3 is 2.56 bits per heavy atom. The highest BCUT2D eigenvalue weighted by molar-refractivity contribution is 7.99. The molecule has 0 saturated heterocycles. The van der Waals surface area contributed by atoms with Crippen molar-refractivity contribution in [3.63, 3.8) is 0 Å². The summed E-state index contributed by atoms with van der Waals surface area (Å²) in [5.41, 5.74) is 4.06. The van der Waals surface area contributed by atoms with Crippen LogP contribution in [0, 0.1) is 0 Å². The minimum absolute atomic E-state index is 0.0407. The number of halogens is 1. The molecule has 2 heterocycles. The fourth-order valence-corrected chi connectivity index (χ4v) is 4.99. The number of benzene rings is 2. The van der Waals surface area contributed by atoms with E-state index in [1.165, 1.54) is 17.3 Å². The first-order valence-corrected chi connectivity index (χ1v) is 11.7. The number of para-hydroxylation sites is 1.